The second kappa shape index (κ2) is 9.57. The zero-order valence-electron chi connectivity index (χ0n) is 21.9. The number of amides is 2. The normalized spacial score (nSPS) is 20.2. The minimum atomic E-state index is -0.511. The van der Waals surface area contributed by atoms with E-state index in [1.54, 1.807) is 11.9 Å². The summed E-state index contributed by atoms with van der Waals surface area (Å²) in [5.41, 5.74) is 3.97. The van der Waals surface area contributed by atoms with Gasteiger partial charge in [-0.25, -0.2) is 0 Å². The Bertz CT molecular complexity index is 1370. The molecule has 194 valence electrons. The lowest BCUT2D eigenvalue weighted by Crippen LogP contribution is -2.62. The fourth-order valence-electron chi connectivity index (χ4n) is 5.50. The van der Waals surface area contributed by atoms with Crippen molar-refractivity contribution in [1.82, 2.24) is 14.8 Å². The van der Waals surface area contributed by atoms with Crippen molar-refractivity contribution in [2.75, 3.05) is 20.4 Å². The molecule has 2 aromatic carbocycles. The lowest BCUT2D eigenvalue weighted by Gasteiger charge is -2.46. The molecule has 1 saturated heterocycles. The number of ketones is 1. The van der Waals surface area contributed by atoms with Gasteiger partial charge in [-0.1, -0.05) is 52.0 Å². The van der Waals surface area contributed by atoms with E-state index in [4.69, 9.17) is 9.47 Å². The molecular weight excluding hydrogens is 470 g/mol. The van der Waals surface area contributed by atoms with E-state index in [1.807, 2.05) is 64.1 Å². The Morgan fingerprint density at radius 1 is 1.00 bits per heavy atom. The molecule has 4 heterocycles. The molecule has 3 aliphatic heterocycles. The summed E-state index contributed by atoms with van der Waals surface area (Å²) in [5, 5.41) is 1.10. The van der Waals surface area contributed by atoms with Crippen LogP contribution in [0.4, 0.5) is 0 Å². The first-order valence-electron chi connectivity index (χ1n) is 12.8. The number of rotatable bonds is 3. The fraction of sp³-hybridized carbons (Fsp3) is 0.414. The summed E-state index contributed by atoms with van der Waals surface area (Å²) in [5.74, 6) is 2.04. The Morgan fingerprint density at radius 2 is 1.70 bits per heavy atom. The number of para-hydroxylation sites is 1. The molecule has 8 heteroatoms. The summed E-state index contributed by atoms with van der Waals surface area (Å²) in [4.78, 5) is 43.7. The van der Waals surface area contributed by atoms with Crippen LogP contribution in [-0.2, 0) is 20.8 Å². The highest BCUT2D eigenvalue weighted by Crippen LogP contribution is 2.44. The fourth-order valence-corrected chi connectivity index (χ4v) is 5.50. The summed E-state index contributed by atoms with van der Waals surface area (Å²) in [6.07, 6.45) is 0.509. The first kappa shape index (κ1) is 24.9. The second-order valence-electron chi connectivity index (χ2n) is 10.5. The van der Waals surface area contributed by atoms with Crippen LogP contribution in [0.25, 0.3) is 10.9 Å². The van der Waals surface area contributed by atoms with Crippen LogP contribution in [0.3, 0.4) is 0 Å². The smallest absolute Gasteiger partial charge is 0.245 e. The molecule has 0 saturated carbocycles. The van der Waals surface area contributed by atoms with Crippen molar-refractivity contribution in [3.63, 3.8) is 0 Å². The first-order valence-corrected chi connectivity index (χ1v) is 12.8. The molecule has 0 radical (unpaired) electrons. The van der Waals surface area contributed by atoms with Gasteiger partial charge in [-0.15, -0.1) is 0 Å². The van der Waals surface area contributed by atoms with Crippen molar-refractivity contribution in [3.8, 4) is 11.5 Å². The monoisotopic (exact) mass is 503 g/mol. The van der Waals surface area contributed by atoms with Crippen LogP contribution in [0, 0.1) is 11.8 Å². The molecule has 1 N–H and O–H groups in total. The van der Waals surface area contributed by atoms with Crippen molar-refractivity contribution in [2.24, 2.45) is 11.8 Å². The largest absolute Gasteiger partial charge is 0.454 e. The molecule has 37 heavy (non-hydrogen) atoms. The Balaban J connectivity index is 0.000000307. The molecular formula is C29H33N3O5. The quantitative estimate of drug-likeness (QED) is 0.582. The van der Waals surface area contributed by atoms with Gasteiger partial charge in [-0.3, -0.25) is 14.4 Å². The van der Waals surface area contributed by atoms with E-state index in [2.05, 4.69) is 11.1 Å². The van der Waals surface area contributed by atoms with Crippen molar-refractivity contribution >= 4 is 28.5 Å². The standard InChI is InChI=1S/C22H19N3O4.C7H14O/c1-24-10-19(26)25-16(22(24)27)9-14-13-4-2-3-5-15(13)23-20(14)21(25)12-6-7-17-18(8-12)29-11-28-17;1-5(2)7(8)6(3)4/h2-8,16,21,23H,9-11H2,1H3;5-6H,1-4H3/t16-,21-;/m1./s1. The molecule has 2 atom stereocenters. The van der Waals surface area contributed by atoms with Gasteiger partial charge in [0.15, 0.2) is 11.5 Å². The first-order chi connectivity index (χ1) is 17.7. The number of carbonyl (C=O) groups is 3. The number of Topliss-reactive ketones (excluding diaryl/α,β-unsaturated/α-hetero) is 1. The highest BCUT2D eigenvalue weighted by atomic mass is 16.7. The minimum absolute atomic E-state index is 0.0220. The Labute approximate surface area is 216 Å². The van der Waals surface area contributed by atoms with Crippen molar-refractivity contribution in [2.45, 2.75) is 46.2 Å². The van der Waals surface area contributed by atoms with Crippen LogP contribution in [0.1, 0.15) is 50.6 Å². The lowest BCUT2D eigenvalue weighted by molar-refractivity contribution is -0.157. The van der Waals surface area contributed by atoms with E-state index >= 15 is 0 Å². The number of aromatic nitrogens is 1. The molecule has 0 spiro atoms. The second-order valence-corrected chi connectivity index (χ2v) is 10.5. The zero-order valence-corrected chi connectivity index (χ0v) is 21.9. The average Bonchev–Trinajstić information content (AvgIpc) is 3.50. The number of H-pyrrole nitrogens is 1. The predicted molar refractivity (Wildman–Crippen MR) is 139 cm³/mol. The van der Waals surface area contributed by atoms with Gasteiger partial charge in [-0.05, 0) is 29.3 Å². The number of carbonyl (C=O) groups excluding carboxylic acids is 3. The molecule has 0 aliphatic carbocycles. The molecule has 1 aromatic heterocycles. The topological polar surface area (TPSA) is 91.9 Å². The number of ether oxygens (including phenoxy) is 2. The van der Waals surface area contributed by atoms with Crippen LogP contribution >= 0.6 is 0 Å². The van der Waals surface area contributed by atoms with Gasteiger partial charge in [0.2, 0.25) is 18.6 Å². The third-order valence-corrected chi connectivity index (χ3v) is 7.30. The zero-order chi connectivity index (χ0) is 26.4. The van der Waals surface area contributed by atoms with Crippen LogP contribution < -0.4 is 9.47 Å². The summed E-state index contributed by atoms with van der Waals surface area (Å²) in [7, 11) is 1.69. The van der Waals surface area contributed by atoms with E-state index in [9.17, 15) is 14.4 Å². The van der Waals surface area contributed by atoms with Gasteiger partial charge in [0, 0.05) is 41.9 Å². The number of nitrogens with zero attached hydrogens (tertiary/aromatic N) is 2. The SMILES string of the molecule is CC(C)C(=O)C(C)C.CN1CC(=O)N2[C@H](c3ccc4c(c3)OCO4)c3[nH]c4ccccc4c3C[C@@H]2C1=O. The summed E-state index contributed by atoms with van der Waals surface area (Å²) in [6.45, 7) is 8.01. The average molecular weight is 504 g/mol. The highest BCUT2D eigenvalue weighted by Gasteiger charge is 2.47. The van der Waals surface area contributed by atoms with E-state index in [-0.39, 0.29) is 43.0 Å². The van der Waals surface area contributed by atoms with Gasteiger partial charge in [-0.2, -0.15) is 0 Å². The van der Waals surface area contributed by atoms with Crippen LogP contribution in [0.5, 0.6) is 11.5 Å². The van der Waals surface area contributed by atoms with Gasteiger partial charge in [0.05, 0.1) is 12.6 Å². The number of nitrogens with one attached hydrogen (secondary N) is 1. The number of benzene rings is 2. The number of hydrogen-bond acceptors (Lipinski definition) is 5. The van der Waals surface area contributed by atoms with Gasteiger partial charge < -0.3 is 24.3 Å². The third kappa shape index (κ3) is 4.34. The van der Waals surface area contributed by atoms with Crippen molar-refractivity contribution < 1.29 is 23.9 Å². The molecule has 1 fully saturated rings. The van der Waals surface area contributed by atoms with Crippen LogP contribution in [0.15, 0.2) is 42.5 Å². The maximum absolute atomic E-state index is 13.1. The number of hydrogen-bond donors (Lipinski definition) is 1. The number of fused-ring (bicyclic) bond motifs is 5. The van der Waals surface area contributed by atoms with Crippen LogP contribution in [-0.4, -0.2) is 58.8 Å². The number of aromatic amines is 1. The summed E-state index contributed by atoms with van der Waals surface area (Å²) < 4.78 is 11.0. The summed E-state index contributed by atoms with van der Waals surface area (Å²) >= 11 is 0. The van der Waals surface area contributed by atoms with E-state index in [0.29, 0.717) is 23.7 Å². The molecule has 2 amide bonds. The minimum Gasteiger partial charge on any atom is -0.454 e. The molecule has 3 aliphatic rings. The Hall–Kier alpha value is -3.81. The maximum Gasteiger partial charge on any atom is 0.245 e. The predicted octanol–water partition coefficient (Wildman–Crippen LogP) is 4.08. The van der Waals surface area contributed by atoms with Crippen LogP contribution in [0.2, 0.25) is 0 Å². The van der Waals surface area contributed by atoms with Gasteiger partial charge >= 0.3 is 0 Å². The van der Waals surface area contributed by atoms with Gasteiger partial charge in [0.1, 0.15) is 11.8 Å². The molecule has 8 nitrogen and oxygen atoms in total. The maximum atomic E-state index is 13.1. The third-order valence-electron chi connectivity index (χ3n) is 7.30. The molecule has 0 unspecified atom stereocenters. The number of likely N-dealkylation sites (N-methyl/N-ethyl adjacent to an activating group) is 1. The van der Waals surface area contributed by atoms with Crippen molar-refractivity contribution in [3.05, 3.63) is 59.3 Å². The lowest BCUT2D eigenvalue weighted by atomic mass is 9.86. The van der Waals surface area contributed by atoms with E-state index in [1.165, 1.54) is 4.90 Å². The number of piperazine rings is 1. The van der Waals surface area contributed by atoms with Gasteiger partial charge in [0.25, 0.3) is 0 Å². The van der Waals surface area contributed by atoms with Crippen molar-refractivity contribution in [1.29, 1.82) is 0 Å². The molecule has 0 bridgehead atoms. The summed E-state index contributed by atoms with van der Waals surface area (Å²) in [6, 6.07) is 12.9. The molecule has 3 aromatic rings. The molecule has 6 rings (SSSR count). The van der Waals surface area contributed by atoms with E-state index in [0.717, 1.165) is 27.7 Å². The van der Waals surface area contributed by atoms with E-state index < -0.39 is 6.04 Å². The Kier molecular flexibility index (Phi) is 6.43. The highest BCUT2D eigenvalue weighted by molar-refractivity contribution is 5.97. The Morgan fingerprint density at radius 3 is 2.41 bits per heavy atom.